The van der Waals surface area contributed by atoms with Crippen LogP contribution in [0.15, 0.2) is 18.2 Å². The summed E-state index contributed by atoms with van der Waals surface area (Å²) in [5.74, 6) is -0.976. The van der Waals surface area contributed by atoms with Crippen molar-refractivity contribution in [3.05, 3.63) is 34.6 Å². The van der Waals surface area contributed by atoms with Crippen molar-refractivity contribution in [1.29, 1.82) is 0 Å². The normalized spacial score (nSPS) is 10.4. The molecular formula is C12H16ClFN2O2. The van der Waals surface area contributed by atoms with Gasteiger partial charge in [-0.3, -0.25) is 4.79 Å². The maximum atomic E-state index is 13.1. The van der Waals surface area contributed by atoms with E-state index in [2.05, 4.69) is 10.6 Å². The fourth-order valence-electron chi connectivity index (χ4n) is 1.34. The van der Waals surface area contributed by atoms with Crippen LogP contribution in [0.25, 0.3) is 0 Å². The van der Waals surface area contributed by atoms with E-state index in [0.29, 0.717) is 26.2 Å². The first-order valence-corrected chi connectivity index (χ1v) is 5.96. The molecule has 0 aliphatic heterocycles. The van der Waals surface area contributed by atoms with E-state index in [0.717, 1.165) is 0 Å². The van der Waals surface area contributed by atoms with Crippen LogP contribution in [0.5, 0.6) is 0 Å². The Morgan fingerprint density at radius 3 is 2.89 bits per heavy atom. The lowest BCUT2D eigenvalue weighted by molar-refractivity contribution is 0.0953. The number of nitrogens with one attached hydrogen (secondary N) is 2. The lowest BCUT2D eigenvalue weighted by atomic mass is 10.2. The zero-order chi connectivity index (χ0) is 13.4. The average molecular weight is 275 g/mol. The molecule has 100 valence electrons. The number of hydrogen-bond acceptors (Lipinski definition) is 3. The van der Waals surface area contributed by atoms with Gasteiger partial charge in [-0.2, -0.15) is 0 Å². The Hall–Kier alpha value is -1.17. The first kappa shape index (κ1) is 14.9. The van der Waals surface area contributed by atoms with Gasteiger partial charge in [0.1, 0.15) is 5.82 Å². The molecule has 1 amide bonds. The Morgan fingerprint density at radius 2 is 2.17 bits per heavy atom. The van der Waals surface area contributed by atoms with E-state index < -0.39 is 5.82 Å². The molecule has 0 unspecified atom stereocenters. The molecule has 0 heterocycles. The van der Waals surface area contributed by atoms with Crippen molar-refractivity contribution in [2.24, 2.45) is 0 Å². The predicted molar refractivity (Wildman–Crippen MR) is 68.5 cm³/mol. The second kappa shape index (κ2) is 8.02. The van der Waals surface area contributed by atoms with Crippen LogP contribution >= 0.6 is 11.6 Å². The van der Waals surface area contributed by atoms with Gasteiger partial charge in [-0.15, -0.1) is 0 Å². The van der Waals surface area contributed by atoms with Gasteiger partial charge < -0.3 is 15.4 Å². The van der Waals surface area contributed by atoms with Gasteiger partial charge in [0, 0.05) is 26.7 Å². The first-order chi connectivity index (χ1) is 8.66. The third-order valence-electron chi connectivity index (χ3n) is 2.27. The number of ether oxygens (including phenoxy) is 1. The largest absolute Gasteiger partial charge is 0.383 e. The van der Waals surface area contributed by atoms with Crippen LogP contribution in [-0.2, 0) is 4.74 Å². The Kier molecular flexibility index (Phi) is 6.64. The third kappa shape index (κ3) is 4.60. The van der Waals surface area contributed by atoms with Gasteiger partial charge in [0.05, 0.1) is 17.2 Å². The van der Waals surface area contributed by atoms with Crippen LogP contribution in [0, 0.1) is 5.82 Å². The van der Waals surface area contributed by atoms with E-state index in [1.54, 1.807) is 7.11 Å². The molecular weight excluding hydrogens is 259 g/mol. The predicted octanol–water partition coefficient (Wildman–Crippen LogP) is 1.44. The van der Waals surface area contributed by atoms with Gasteiger partial charge >= 0.3 is 0 Å². The van der Waals surface area contributed by atoms with Crippen molar-refractivity contribution in [3.63, 3.8) is 0 Å². The summed E-state index contributed by atoms with van der Waals surface area (Å²) in [6.07, 6.45) is 0. The Morgan fingerprint density at radius 1 is 1.39 bits per heavy atom. The van der Waals surface area contributed by atoms with Crippen molar-refractivity contribution in [3.8, 4) is 0 Å². The first-order valence-electron chi connectivity index (χ1n) is 5.58. The molecule has 1 rings (SSSR count). The molecule has 0 bridgehead atoms. The summed E-state index contributed by atoms with van der Waals surface area (Å²) in [6.45, 7) is 2.38. The van der Waals surface area contributed by atoms with Gasteiger partial charge in [-0.05, 0) is 12.1 Å². The van der Waals surface area contributed by atoms with E-state index in [-0.39, 0.29) is 16.5 Å². The maximum absolute atomic E-state index is 13.1. The summed E-state index contributed by atoms with van der Waals surface area (Å²) in [7, 11) is 1.62. The average Bonchev–Trinajstić information content (AvgIpc) is 2.36. The molecule has 1 aromatic rings. The third-order valence-corrected chi connectivity index (χ3v) is 2.65. The molecule has 0 saturated heterocycles. The van der Waals surface area contributed by atoms with Crippen molar-refractivity contribution < 1.29 is 13.9 Å². The summed E-state index contributed by atoms with van der Waals surface area (Å²) in [6, 6.07) is 4.15. The smallest absolute Gasteiger partial charge is 0.252 e. The lowest BCUT2D eigenvalue weighted by Crippen LogP contribution is -2.33. The number of amides is 1. The Balaban J connectivity index is 2.35. The van der Waals surface area contributed by atoms with Crippen LogP contribution in [0.1, 0.15) is 10.4 Å². The fourth-order valence-corrected chi connectivity index (χ4v) is 1.55. The van der Waals surface area contributed by atoms with Gasteiger partial charge in [0.2, 0.25) is 0 Å². The molecule has 0 aliphatic carbocycles. The van der Waals surface area contributed by atoms with E-state index in [1.807, 2.05) is 0 Å². The Bertz CT molecular complexity index is 402. The van der Waals surface area contributed by atoms with Crippen molar-refractivity contribution in [2.75, 3.05) is 33.4 Å². The van der Waals surface area contributed by atoms with Gasteiger partial charge in [0.25, 0.3) is 5.91 Å². The van der Waals surface area contributed by atoms with E-state index >= 15 is 0 Å². The monoisotopic (exact) mass is 274 g/mol. The highest BCUT2D eigenvalue weighted by Gasteiger charge is 2.12. The zero-order valence-electron chi connectivity index (χ0n) is 10.1. The molecule has 0 aliphatic rings. The van der Waals surface area contributed by atoms with Crippen molar-refractivity contribution >= 4 is 17.5 Å². The van der Waals surface area contributed by atoms with Crippen LogP contribution < -0.4 is 10.6 Å². The van der Waals surface area contributed by atoms with Crippen molar-refractivity contribution in [2.45, 2.75) is 0 Å². The number of hydrogen-bond donors (Lipinski definition) is 2. The van der Waals surface area contributed by atoms with E-state index in [4.69, 9.17) is 16.3 Å². The SMILES string of the molecule is COCCNCCNC(=O)c1cccc(F)c1Cl. The van der Waals surface area contributed by atoms with Gasteiger partial charge in [-0.25, -0.2) is 4.39 Å². The number of carbonyl (C=O) groups is 1. The Labute approximate surface area is 110 Å². The molecule has 2 N–H and O–H groups in total. The molecule has 0 atom stereocenters. The topological polar surface area (TPSA) is 50.4 Å². The number of carbonyl (C=O) groups excluding carboxylic acids is 1. The van der Waals surface area contributed by atoms with Crippen LogP contribution in [0.3, 0.4) is 0 Å². The summed E-state index contributed by atoms with van der Waals surface area (Å²) in [4.78, 5) is 11.7. The highest BCUT2D eigenvalue weighted by molar-refractivity contribution is 6.34. The second-order valence-corrected chi connectivity index (χ2v) is 3.98. The van der Waals surface area contributed by atoms with Gasteiger partial charge in [0.15, 0.2) is 0 Å². The fraction of sp³-hybridized carbons (Fsp3) is 0.417. The maximum Gasteiger partial charge on any atom is 0.252 e. The number of methoxy groups -OCH3 is 1. The standard InChI is InChI=1S/C12H16ClFN2O2/c1-18-8-7-15-5-6-16-12(17)9-3-2-4-10(14)11(9)13/h2-4,15H,5-8H2,1H3,(H,16,17). The zero-order valence-corrected chi connectivity index (χ0v) is 10.9. The molecule has 0 saturated carbocycles. The molecule has 1 aromatic carbocycles. The highest BCUT2D eigenvalue weighted by Crippen LogP contribution is 2.19. The van der Waals surface area contributed by atoms with Gasteiger partial charge in [-0.1, -0.05) is 17.7 Å². The highest BCUT2D eigenvalue weighted by atomic mass is 35.5. The van der Waals surface area contributed by atoms with Crippen LogP contribution in [0.2, 0.25) is 5.02 Å². The number of halogens is 2. The quantitative estimate of drug-likeness (QED) is 0.740. The van der Waals surface area contributed by atoms with Crippen LogP contribution in [-0.4, -0.2) is 39.3 Å². The summed E-state index contributed by atoms with van der Waals surface area (Å²) in [5, 5.41) is 5.57. The molecule has 18 heavy (non-hydrogen) atoms. The lowest BCUT2D eigenvalue weighted by Gasteiger charge is -2.08. The number of rotatable bonds is 7. The summed E-state index contributed by atoms with van der Waals surface area (Å²) in [5.41, 5.74) is 0.147. The summed E-state index contributed by atoms with van der Waals surface area (Å²) >= 11 is 5.70. The minimum Gasteiger partial charge on any atom is -0.383 e. The molecule has 0 fully saturated rings. The minimum atomic E-state index is -0.595. The minimum absolute atomic E-state index is 0.147. The summed E-state index contributed by atoms with van der Waals surface area (Å²) < 4.78 is 18.0. The molecule has 4 nitrogen and oxygen atoms in total. The molecule has 0 aromatic heterocycles. The number of benzene rings is 1. The van der Waals surface area contributed by atoms with E-state index in [9.17, 15) is 9.18 Å². The second-order valence-electron chi connectivity index (χ2n) is 3.60. The molecule has 0 spiro atoms. The van der Waals surface area contributed by atoms with E-state index in [1.165, 1.54) is 18.2 Å². The molecule has 0 radical (unpaired) electrons. The van der Waals surface area contributed by atoms with Crippen molar-refractivity contribution in [1.82, 2.24) is 10.6 Å². The van der Waals surface area contributed by atoms with Crippen LogP contribution in [0.4, 0.5) is 4.39 Å². The molecule has 6 heteroatoms.